The summed E-state index contributed by atoms with van der Waals surface area (Å²) in [6.07, 6.45) is 8.09. The molecule has 2 rings (SSSR count). The molecule has 3 heteroatoms. The first kappa shape index (κ1) is 15.7. The molecule has 0 bridgehead atoms. The first-order valence-electron chi connectivity index (χ1n) is 7.80. The average molecular weight is 285 g/mol. The molecular formula is C16H31NOS. The van der Waals surface area contributed by atoms with E-state index in [4.69, 9.17) is 4.74 Å². The summed E-state index contributed by atoms with van der Waals surface area (Å²) in [7, 11) is 0. The summed E-state index contributed by atoms with van der Waals surface area (Å²) < 4.78 is 6.58. The second-order valence-corrected chi connectivity index (χ2v) is 8.72. The summed E-state index contributed by atoms with van der Waals surface area (Å²) in [5.74, 6) is 0.637. The lowest BCUT2D eigenvalue weighted by Crippen LogP contribution is -2.63. The highest BCUT2D eigenvalue weighted by Crippen LogP contribution is 2.45. The molecule has 0 aromatic carbocycles. The van der Waals surface area contributed by atoms with Crippen molar-refractivity contribution in [1.82, 2.24) is 5.32 Å². The van der Waals surface area contributed by atoms with Crippen molar-refractivity contribution in [1.29, 1.82) is 0 Å². The molecular weight excluding hydrogens is 254 g/mol. The van der Waals surface area contributed by atoms with E-state index in [9.17, 15) is 0 Å². The summed E-state index contributed by atoms with van der Waals surface area (Å²) in [5, 5.41) is 3.82. The molecule has 0 radical (unpaired) electrons. The fraction of sp³-hybridized carbons (Fsp3) is 1.00. The highest BCUT2D eigenvalue weighted by Gasteiger charge is 2.49. The highest BCUT2D eigenvalue weighted by molar-refractivity contribution is 8.00. The van der Waals surface area contributed by atoms with E-state index >= 15 is 0 Å². The average Bonchev–Trinajstić information content (AvgIpc) is 2.29. The van der Waals surface area contributed by atoms with E-state index in [1.54, 1.807) is 0 Å². The van der Waals surface area contributed by atoms with Crippen molar-refractivity contribution in [2.24, 2.45) is 11.3 Å². The fourth-order valence-corrected chi connectivity index (χ4v) is 4.08. The van der Waals surface area contributed by atoms with Crippen LogP contribution in [0.3, 0.4) is 0 Å². The van der Waals surface area contributed by atoms with E-state index in [2.05, 4.69) is 51.0 Å². The summed E-state index contributed by atoms with van der Waals surface area (Å²) in [6, 6.07) is 0.634. The van der Waals surface area contributed by atoms with E-state index in [0.717, 1.165) is 6.61 Å². The molecule has 0 heterocycles. The first-order chi connectivity index (χ1) is 8.89. The normalized spacial score (nSPS) is 31.9. The molecule has 2 saturated carbocycles. The molecule has 112 valence electrons. The number of thioether (sulfide) groups is 1. The maximum atomic E-state index is 6.04. The molecule has 2 aliphatic rings. The van der Waals surface area contributed by atoms with Gasteiger partial charge >= 0.3 is 0 Å². The van der Waals surface area contributed by atoms with Crippen LogP contribution in [-0.2, 0) is 4.74 Å². The fourth-order valence-electron chi connectivity index (χ4n) is 3.16. The third kappa shape index (κ3) is 3.30. The molecule has 2 aliphatic carbocycles. The van der Waals surface area contributed by atoms with Gasteiger partial charge in [-0.1, -0.05) is 34.1 Å². The Morgan fingerprint density at radius 3 is 2.42 bits per heavy atom. The molecule has 2 nitrogen and oxygen atoms in total. The number of hydrogen-bond donors (Lipinski definition) is 1. The van der Waals surface area contributed by atoms with Crippen molar-refractivity contribution in [3.63, 3.8) is 0 Å². The molecule has 2 fully saturated rings. The predicted molar refractivity (Wildman–Crippen MR) is 84.9 cm³/mol. The van der Waals surface area contributed by atoms with Crippen LogP contribution in [0.4, 0.5) is 0 Å². The van der Waals surface area contributed by atoms with Crippen molar-refractivity contribution in [2.75, 3.05) is 19.4 Å². The van der Waals surface area contributed by atoms with Gasteiger partial charge in [-0.3, -0.25) is 0 Å². The van der Waals surface area contributed by atoms with E-state index in [1.165, 1.54) is 32.2 Å². The van der Waals surface area contributed by atoms with Crippen molar-refractivity contribution >= 4 is 11.8 Å². The Balaban J connectivity index is 1.74. The Labute approximate surface area is 123 Å². The Morgan fingerprint density at radius 1 is 1.32 bits per heavy atom. The summed E-state index contributed by atoms with van der Waals surface area (Å²) >= 11 is 2.06. The topological polar surface area (TPSA) is 21.3 Å². The van der Waals surface area contributed by atoms with Crippen LogP contribution in [0, 0.1) is 11.3 Å². The van der Waals surface area contributed by atoms with E-state index < -0.39 is 0 Å². The number of rotatable bonds is 7. The van der Waals surface area contributed by atoms with E-state index in [-0.39, 0.29) is 5.41 Å². The SMILES string of the molecule is CSC1(CNC2CC(OCC(C)C)C2(C)C)CCC1. The monoisotopic (exact) mass is 285 g/mol. The molecule has 19 heavy (non-hydrogen) atoms. The van der Waals surface area contributed by atoms with Crippen molar-refractivity contribution in [3.8, 4) is 0 Å². The van der Waals surface area contributed by atoms with Crippen LogP contribution in [0.15, 0.2) is 0 Å². The van der Waals surface area contributed by atoms with Gasteiger partial charge in [-0.05, 0) is 31.4 Å². The smallest absolute Gasteiger partial charge is 0.0656 e. The molecule has 0 amide bonds. The van der Waals surface area contributed by atoms with Gasteiger partial charge in [0.15, 0.2) is 0 Å². The lowest BCUT2D eigenvalue weighted by atomic mass is 9.64. The molecule has 0 aromatic rings. The lowest BCUT2D eigenvalue weighted by Gasteiger charge is -2.53. The zero-order valence-electron chi connectivity index (χ0n) is 13.3. The van der Waals surface area contributed by atoms with Crippen molar-refractivity contribution in [2.45, 2.75) is 70.3 Å². The standard InChI is InChI=1S/C16H31NOS/c1-12(2)10-18-14-9-13(15(14,3)4)17-11-16(19-5)7-6-8-16/h12-14,17H,6-11H2,1-5H3. The van der Waals surface area contributed by atoms with Gasteiger partial charge in [0.25, 0.3) is 0 Å². The minimum Gasteiger partial charge on any atom is -0.377 e. The van der Waals surface area contributed by atoms with Crippen LogP contribution >= 0.6 is 11.8 Å². The quantitative estimate of drug-likeness (QED) is 0.770. The van der Waals surface area contributed by atoms with Crippen molar-refractivity contribution in [3.05, 3.63) is 0 Å². The van der Waals surface area contributed by atoms with Crippen LogP contribution in [0.25, 0.3) is 0 Å². The summed E-state index contributed by atoms with van der Waals surface area (Å²) in [5.41, 5.74) is 0.290. The second kappa shape index (κ2) is 5.95. The second-order valence-electron chi connectivity index (χ2n) is 7.45. The van der Waals surface area contributed by atoms with Crippen LogP contribution in [-0.4, -0.2) is 36.3 Å². The Bertz CT molecular complexity index is 294. The number of nitrogens with one attached hydrogen (secondary N) is 1. The Morgan fingerprint density at radius 2 is 2.00 bits per heavy atom. The van der Waals surface area contributed by atoms with Gasteiger partial charge in [0, 0.05) is 29.4 Å². The maximum Gasteiger partial charge on any atom is 0.0656 e. The van der Waals surface area contributed by atoms with Gasteiger partial charge in [-0.25, -0.2) is 0 Å². The largest absolute Gasteiger partial charge is 0.377 e. The summed E-state index contributed by atoms with van der Waals surface area (Å²) in [6.45, 7) is 11.2. The van der Waals surface area contributed by atoms with Crippen LogP contribution in [0.5, 0.6) is 0 Å². The van der Waals surface area contributed by atoms with E-state index in [0.29, 0.717) is 22.8 Å². The van der Waals surface area contributed by atoms with E-state index in [1.807, 2.05) is 0 Å². The van der Waals surface area contributed by atoms with Crippen LogP contribution in [0.1, 0.15) is 53.4 Å². The zero-order chi connectivity index (χ0) is 14.1. The third-order valence-electron chi connectivity index (χ3n) is 5.18. The van der Waals surface area contributed by atoms with Gasteiger partial charge in [-0.15, -0.1) is 0 Å². The van der Waals surface area contributed by atoms with Gasteiger partial charge in [0.2, 0.25) is 0 Å². The maximum absolute atomic E-state index is 6.04. The van der Waals surface area contributed by atoms with Crippen LogP contribution < -0.4 is 5.32 Å². The van der Waals surface area contributed by atoms with Crippen LogP contribution in [0.2, 0.25) is 0 Å². The van der Waals surface area contributed by atoms with Gasteiger partial charge in [0.05, 0.1) is 6.10 Å². The number of hydrogen-bond acceptors (Lipinski definition) is 3. The molecule has 2 atom stereocenters. The summed E-state index contributed by atoms with van der Waals surface area (Å²) in [4.78, 5) is 0. The third-order valence-corrected chi connectivity index (χ3v) is 6.60. The Kier molecular flexibility index (Phi) is 4.90. The first-order valence-corrected chi connectivity index (χ1v) is 9.02. The number of ether oxygens (including phenoxy) is 1. The van der Waals surface area contributed by atoms with Gasteiger partial charge in [-0.2, -0.15) is 11.8 Å². The molecule has 0 aromatic heterocycles. The van der Waals surface area contributed by atoms with Gasteiger partial charge < -0.3 is 10.1 Å². The van der Waals surface area contributed by atoms with Crippen molar-refractivity contribution < 1.29 is 4.74 Å². The molecule has 2 unspecified atom stereocenters. The molecule has 0 saturated heterocycles. The zero-order valence-corrected chi connectivity index (χ0v) is 14.1. The Hall–Kier alpha value is 0.270. The minimum absolute atomic E-state index is 0.290. The lowest BCUT2D eigenvalue weighted by molar-refractivity contribution is -0.124. The molecule has 0 spiro atoms. The molecule has 0 aliphatic heterocycles. The molecule has 1 N–H and O–H groups in total. The van der Waals surface area contributed by atoms with Gasteiger partial charge in [0.1, 0.15) is 0 Å². The highest BCUT2D eigenvalue weighted by atomic mass is 32.2. The predicted octanol–water partition coefficient (Wildman–Crippen LogP) is 3.70. The minimum atomic E-state index is 0.290.